The first kappa shape index (κ1) is 13.3. The molecule has 1 aromatic rings. The summed E-state index contributed by atoms with van der Waals surface area (Å²) in [5.41, 5.74) is 0.692. The molecular formula is C12H15FO4. The third-order valence-electron chi connectivity index (χ3n) is 2.39. The lowest BCUT2D eigenvalue weighted by atomic mass is 10.1. The number of methoxy groups -OCH3 is 2. The van der Waals surface area contributed by atoms with E-state index in [2.05, 4.69) is 0 Å². The average molecular weight is 242 g/mol. The number of carboxylic acids is 1. The maximum Gasteiger partial charge on any atom is 0.303 e. The molecule has 0 saturated carbocycles. The van der Waals surface area contributed by atoms with Gasteiger partial charge in [0.25, 0.3) is 0 Å². The van der Waals surface area contributed by atoms with Crippen molar-refractivity contribution in [3.05, 3.63) is 23.5 Å². The Morgan fingerprint density at radius 3 is 2.24 bits per heavy atom. The largest absolute Gasteiger partial charge is 0.496 e. The van der Waals surface area contributed by atoms with Crippen LogP contribution in [0.5, 0.6) is 11.5 Å². The average Bonchev–Trinajstić information content (AvgIpc) is 2.29. The fourth-order valence-electron chi connectivity index (χ4n) is 1.61. The van der Waals surface area contributed by atoms with Gasteiger partial charge in [0.05, 0.1) is 14.2 Å². The van der Waals surface area contributed by atoms with E-state index in [-0.39, 0.29) is 6.42 Å². The van der Waals surface area contributed by atoms with Gasteiger partial charge in [-0.1, -0.05) is 0 Å². The summed E-state index contributed by atoms with van der Waals surface area (Å²) in [6, 6.07) is 2.53. The molecule has 0 saturated heterocycles. The Labute approximate surface area is 99.0 Å². The molecule has 94 valence electrons. The van der Waals surface area contributed by atoms with E-state index < -0.39 is 11.8 Å². The van der Waals surface area contributed by atoms with Crippen molar-refractivity contribution in [2.75, 3.05) is 14.2 Å². The Kier molecular flexibility index (Phi) is 4.75. The number of rotatable bonds is 6. The van der Waals surface area contributed by atoms with E-state index in [9.17, 15) is 9.18 Å². The summed E-state index contributed by atoms with van der Waals surface area (Å²) in [7, 11) is 2.88. The number of halogens is 1. The predicted octanol–water partition coefficient (Wildman–Crippen LogP) is 2.25. The van der Waals surface area contributed by atoms with Gasteiger partial charge in [-0.3, -0.25) is 4.79 Å². The van der Waals surface area contributed by atoms with Gasteiger partial charge in [-0.2, -0.15) is 0 Å². The Balaban J connectivity index is 2.90. The molecule has 0 unspecified atom stereocenters. The molecule has 0 atom stereocenters. The lowest BCUT2D eigenvalue weighted by Gasteiger charge is -2.12. The molecule has 0 aliphatic rings. The number of carboxylic acid groups (broad SMARTS) is 1. The molecule has 0 amide bonds. The SMILES string of the molecule is COc1cc(F)cc(OC)c1CCCC(=O)O. The first-order valence-corrected chi connectivity index (χ1v) is 5.20. The molecule has 1 N–H and O–H groups in total. The van der Waals surface area contributed by atoms with Gasteiger partial charge in [-0.25, -0.2) is 4.39 Å². The van der Waals surface area contributed by atoms with Gasteiger partial charge in [0, 0.05) is 24.1 Å². The summed E-state index contributed by atoms with van der Waals surface area (Å²) < 4.78 is 23.3. The molecule has 0 spiro atoms. The molecule has 0 aromatic heterocycles. The van der Waals surface area contributed by atoms with Gasteiger partial charge in [0.15, 0.2) is 0 Å². The molecule has 5 heteroatoms. The second kappa shape index (κ2) is 6.08. The lowest BCUT2D eigenvalue weighted by molar-refractivity contribution is -0.137. The van der Waals surface area contributed by atoms with Crippen molar-refractivity contribution >= 4 is 5.97 Å². The van der Waals surface area contributed by atoms with Gasteiger partial charge >= 0.3 is 5.97 Å². The standard InChI is InChI=1S/C12H15FO4/c1-16-10-6-8(13)7-11(17-2)9(10)4-3-5-12(14)15/h6-7H,3-5H2,1-2H3,(H,14,15). The fourth-order valence-corrected chi connectivity index (χ4v) is 1.61. The minimum Gasteiger partial charge on any atom is -0.496 e. The highest BCUT2D eigenvalue weighted by Gasteiger charge is 2.13. The minimum absolute atomic E-state index is 0.0592. The molecule has 0 heterocycles. The van der Waals surface area contributed by atoms with Crippen LogP contribution >= 0.6 is 0 Å². The van der Waals surface area contributed by atoms with Crippen molar-refractivity contribution in [1.82, 2.24) is 0 Å². The monoisotopic (exact) mass is 242 g/mol. The number of aliphatic carboxylic acids is 1. The third kappa shape index (κ3) is 3.62. The molecule has 0 aliphatic heterocycles. The van der Waals surface area contributed by atoms with Crippen LogP contribution < -0.4 is 9.47 Å². The van der Waals surface area contributed by atoms with Crippen LogP contribution in [0.3, 0.4) is 0 Å². The molecule has 0 bridgehead atoms. The smallest absolute Gasteiger partial charge is 0.303 e. The van der Waals surface area contributed by atoms with E-state index in [1.807, 2.05) is 0 Å². The van der Waals surface area contributed by atoms with Crippen LogP contribution in [0.2, 0.25) is 0 Å². The van der Waals surface area contributed by atoms with Gasteiger partial charge in [-0.15, -0.1) is 0 Å². The Bertz CT molecular complexity index is 378. The van der Waals surface area contributed by atoms with Gasteiger partial charge in [-0.05, 0) is 12.8 Å². The van der Waals surface area contributed by atoms with E-state index in [1.54, 1.807) is 0 Å². The summed E-state index contributed by atoms with van der Waals surface area (Å²) in [5, 5.41) is 8.57. The van der Waals surface area contributed by atoms with Crippen molar-refractivity contribution in [2.24, 2.45) is 0 Å². The number of benzene rings is 1. The van der Waals surface area contributed by atoms with Crippen molar-refractivity contribution in [3.63, 3.8) is 0 Å². The highest BCUT2D eigenvalue weighted by Crippen LogP contribution is 2.31. The van der Waals surface area contributed by atoms with E-state index in [0.717, 1.165) is 0 Å². The van der Waals surface area contributed by atoms with Crippen molar-refractivity contribution < 1.29 is 23.8 Å². The molecule has 0 fully saturated rings. The van der Waals surface area contributed by atoms with Crippen LogP contribution in [-0.2, 0) is 11.2 Å². The maximum atomic E-state index is 13.2. The Morgan fingerprint density at radius 1 is 1.29 bits per heavy atom. The quantitative estimate of drug-likeness (QED) is 0.831. The molecule has 0 radical (unpaired) electrons. The molecule has 4 nitrogen and oxygen atoms in total. The summed E-state index contributed by atoms with van der Waals surface area (Å²) in [4.78, 5) is 10.4. The molecular weight excluding hydrogens is 227 g/mol. The second-order valence-electron chi connectivity index (χ2n) is 3.54. The summed E-state index contributed by atoms with van der Waals surface area (Å²) in [5.74, 6) is -0.537. The number of ether oxygens (including phenoxy) is 2. The van der Waals surface area contributed by atoms with E-state index >= 15 is 0 Å². The van der Waals surface area contributed by atoms with Crippen LogP contribution in [0.15, 0.2) is 12.1 Å². The second-order valence-corrected chi connectivity index (χ2v) is 3.54. The number of hydrogen-bond acceptors (Lipinski definition) is 3. The molecule has 17 heavy (non-hydrogen) atoms. The van der Waals surface area contributed by atoms with Crippen LogP contribution in [-0.4, -0.2) is 25.3 Å². The summed E-state index contributed by atoms with van der Waals surface area (Å²) >= 11 is 0. The predicted molar refractivity (Wildman–Crippen MR) is 60.1 cm³/mol. The Morgan fingerprint density at radius 2 is 1.82 bits per heavy atom. The van der Waals surface area contributed by atoms with Gasteiger partial charge < -0.3 is 14.6 Å². The topological polar surface area (TPSA) is 55.8 Å². The molecule has 1 aromatic carbocycles. The van der Waals surface area contributed by atoms with Crippen LogP contribution in [0.25, 0.3) is 0 Å². The highest BCUT2D eigenvalue weighted by molar-refractivity contribution is 5.66. The van der Waals surface area contributed by atoms with Gasteiger partial charge in [0.2, 0.25) is 0 Å². The maximum absolute atomic E-state index is 13.2. The molecule has 1 rings (SSSR count). The number of hydrogen-bond donors (Lipinski definition) is 1. The number of carbonyl (C=O) groups is 1. The fraction of sp³-hybridized carbons (Fsp3) is 0.417. The van der Waals surface area contributed by atoms with Crippen molar-refractivity contribution in [1.29, 1.82) is 0 Å². The first-order valence-electron chi connectivity index (χ1n) is 5.20. The van der Waals surface area contributed by atoms with Crippen LogP contribution in [0.1, 0.15) is 18.4 Å². The van der Waals surface area contributed by atoms with Crippen molar-refractivity contribution in [2.45, 2.75) is 19.3 Å². The van der Waals surface area contributed by atoms with Crippen molar-refractivity contribution in [3.8, 4) is 11.5 Å². The van der Waals surface area contributed by atoms with Gasteiger partial charge in [0.1, 0.15) is 17.3 Å². The van der Waals surface area contributed by atoms with E-state index in [4.69, 9.17) is 14.6 Å². The third-order valence-corrected chi connectivity index (χ3v) is 2.39. The highest BCUT2D eigenvalue weighted by atomic mass is 19.1. The normalized spacial score (nSPS) is 10.1. The minimum atomic E-state index is -0.856. The zero-order chi connectivity index (χ0) is 12.8. The zero-order valence-corrected chi connectivity index (χ0v) is 9.83. The summed E-state index contributed by atoms with van der Waals surface area (Å²) in [6.07, 6.45) is 0.982. The Hall–Kier alpha value is -1.78. The van der Waals surface area contributed by atoms with E-state index in [0.29, 0.717) is 29.9 Å². The molecule has 0 aliphatic carbocycles. The van der Waals surface area contributed by atoms with E-state index in [1.165, 1.54) is 26.4 Å². The van der Waals surface area contributed by atoms with Crippen LogP contribution in [0.4, 0.5) is 4.39 Å². The lowest BCUT2D eigenvalue weighted by Crippen LogP contribution is -2.01. The first-order chi connectivity index (χ1) is 8.08. The van der Waals surface area contributed by atoms with Crippen LogP contribution in [0, 0.1) is 5.82 Å². The zero-order valence-electron chi connectivity index (χ0n) is 9.83. The summed E-state index contributed by atoms with van der Waals surface area (Å²) in [6.45, 7) is 0.